The molecule has 9 nitrogen and oxygen atoms in total. The molecule has 0 radical (unpaired) electrons. The van der Waals surface area contributed by atoms with Gasteiger partial charge in [0.2, 0.25) is 0 Å². The van der Waals surface area contributed by atoms with Crippen LogP contribution in [0.5, 0.6) is 0 Å². The van der Waals surface area contributed by atoms with Crippen LogP contribution in [0.2, 0.25) is 0 Å². The van der Waals surface area contributed by atoms with Crippen molar-refractivity contribution in [2.45, 2.75) is 79.1 Å². The van der Waals surface area contributed by atoms with E-state index in [-0.39, 0.29) is 0 Å². The topological polar surface area (TPSA) is 102 Å². The lowest BCUT2D eigenvalue weighted by molar-refractivity contribution is 0.0357. The minimum absolute atomic E-state index is 0.368. The third-order valence-corrected chi connectivity index (χ3v) is 2.75. The Morgan fingerprint density at radius 3 is 1.16 bits per heavy atom. The van der Waals surface area contributed by atoms with Gasteiger partial charge in [0.25, 0.3) is 0 Å². The third-order valence-electron chi connectivity index (χ3n) is 2.75. The molecule has 0 amide bonds. The molecule has 0 fully saturated rings. The number of aromatic nitrogens is 3. The molecule has 1 aromatic heterocycles. The van der Waals surface area contributed by atoms with E-state index in [1.165, 1.54) is 0 Å². The smallest absolute Gasteiger partial charge is 0.438 e. The molecule has 0 saturated heterocycles. The Morgan fingerprint density at radius 2 is 0.960 bits per heavy atom. The summed E-state index contributed by atoms with van der Waals surface area (Å²) >= 11 is 0. The van der Waals surface area contributed by atoms with E-state index in [1.54, 1.807) is 62.3 Å². The number of nitrogens with zero attached hydrogens (tertiary/aromatic N) is 3. The molecule has 0 saturated carbocycles. The summed E-state index contributed by atoms with van der Waals surface area (Å²) < 4.78 is 11.8. The Balaban J connectivity index is 3.70. The molecule has 0 aromatic carbocycles. The predicted molar refractivity (Wildman–Crippen MR) is 91.2 cm³/mol. The molecular formula is C16H27N3O6. The fourth-order valence-electron chi connectivity index (χ4n) is 1.95. The lowest BCUT2D eigenvalue weighted by Gasteiger charge is -2.21. The first-order chi connectivity index (χ1) is 11.0. The lowest BCUT2D eigenvalue weighted by Crippen LogP contribution is -2.42. The summed E-state index contributed by atoms with van der Waals surface area (Å²) in [7, 11) is 0. The van der Waals surface area contributed by atoms with Crippen molar-refractivity contribution >= 4 is 12.2 Å². The molecule has 9 heteroatoms. The average molecular weight is 357 g/mol. The van der Waals surface area contributed by atoms with Crippen molar-refractivity contribution in [3.05, 3.63) is 21.0 Å². The second-order valence-electron chi connectivity index (χ2n) is 8.66. The van der Waals surface area contributed by atoms with Gasteiger partial charge in [-0.25, -0.2) is 23.7 Å². The number of hydrogen-bond donors (Lipinski definition) is 0. The second-order valence-corrected chi connectivity index (χ2v) is 8.66. The lowest BCUT2D eigenvalue weighted by atomic mass is 10.1. The second kappa shape index (κ2) is 6.20. The van der Waals surface area contributed by atoms with Gasteiger partial charge in [0.05, 0.1) is 0 Å². The van der Waals surface area contributed by atoms with Crippen molar-refractivity contribution < 1.29 is 19.1 Å². The van der Waals surface area contributed by atoms with Gasteiger partial charge in [-0.3, -0.25) is 0 Å². The first-order valence-corrected chi connectivity index (χ1v) is 7.90. The monoisotopic (exact) mass is 357 g/mol. The highest BCUT2D eigenvalue weighted by molar-refractivity contribution is 5.76. The quantitative estimate of drug-likeness (QED) is 0.705. The Labute approximate surface area is 146 Å². The van der Waals surface area contributed by atoms with Crippen LogP contribution in [0.1, 0.15) is 62.3 Å². The molecule has 0 aliphatic rings. The minimum atomic E-state index is -1.14. The maximum atomic E-state index is 12.7. The van der Waals surface area contributed by atoms with Gasteiger partial charge in [-0.15, -0.1) is 9.36 Å². The molecule has 0 N–H and O–H groups in total. The molecular weight excluding hydrogens is 330 g/mol. The number of ether oxygens (including phenoxy) is 2. The van der Waals surface area contributed by atoms with Crippen molar-refractivity contribution in [3.8, 4) is 0 Å². The van der Waals surface area contributed by atoms with Crippen molar-refractivity contribution in [1.29, 1.82) is 0 Å². The van der Waals surface area contributed by atoms with Crippen LogP contribution in [0, 0.1) is 0 Å². The summed E-state index contributed by atoms with van der Waals surface area (Å²) in [5.74, 6) is 0. The Kier molecular flexibility index (Phi) is 5.14. The van der Waals surface area contributed by atoms with E-state index in [0.717, 1.165) is 4.57 Å². The van der Waals surface area contributed by atoms with Crippen molar-refractivity contribution in [2.24, 2.45) is 0 Å². The summed E-state index contributed by atoms with van der Waals surface area (Å²) in [5, 5.41) is 0. The van der Waals surface area contributed by atoms with Crippen LogP contribution < -0.4 is 11.4 Å². The van der Waals surface area contributed by atoms with Gasteiger partial charge >= 0.3 is 23.6 Å². The highest BCUT2D eigenvalue weighted by Gasteiger charge is 2.34. The highest BCUT2D eigenvalue weighted by atomic mass is 16.6. The maximum absolute atomic E-state index is 12.7. The first-order valence-electron chi connectivity index (χ1n) is 7.90. The van der Waals surface area contributed by atoms with E-state index < -0.39 is 40.3 Å². The molecule has 1 aromatic rings. The van der Waals surface area contributed by atoms with E-state index in [0.29, 0.717) is 9.36 Å². The first kappa shape index (κ1) is 20.7. The molecule has 0 atom stereocenters. The number of hydrogen-bond acceptors (Lipinski definition) is 6. The number of carbonyl (C=O) groups excluding carboxylic acids is 2. The van der Waals surface area contributed by atoms with Gasteiger partial charge in [-0.2, -0.15) is 0 Å². The molecule has 0 aliphatic carbocycles. The van der Waals surface area contributed by atoms with Gasteiger partial charge in [0.1, 0.15) is 11.2 Å². The van der Waals surface area contributed by atoms with Crippen LogP contribution in [0.3, 0.4) is 0 Å². The zero-order chi connectivity index (χ0) is 20.0. The Bertz CT molecular complexity index is 731. The van der Waals surface area contributed by atoms with Gasteiger partial charge in [-0.1, -0.05) is 0 Å². The maximum Gasteiger partial charge on any atom is 0.438 e. The fourth-order valence-corrected chi connectivity index (χ4v) is 1.95. The van der Waals surface area contributed by atoms with Crippen LogP contribution in [0.4, 0.5) is 9.59 Å². The van der Waals surface area contributed by atoms with Crippen molar-refractivity contribution in [3.63, 3.8) is 0 Å². The molecule has 0 aliphatic heterocycles. The van der Waals surface area contributed by atoms with Crippen LogP contribution >= 0.6 is 0 Å². The summed E-state index contributed by atoms with van der Waals surface area (Å²) in [6.45, 7) is 14.4. The van der Waals surface area contributed by atoms with Gasteiger partial charge in [0, 0.05) is 5.54 Å². The van der Waals surface area contributed by atoms with Crippen LogP contribution in [-0.2, 0) is 15.0 Å². The van der Waals surface area contributed by atoms with Gasteiger partial charge in [0.15, 0.2) is 0 Å². The van der Waals surface area contributed by atoms with Crippen molar-refractivity contribution in [2.75, 3.05) is 0 Å². The van der Waals surface area contributed by atoms with E-state index >= 15 is 0 Å². The van der Waals surface area contributed by atoms with Crippen LogP contribution in [-0.4, -0.2) is 37.3 Å². The molecule has 0 unspecified atom stereocenters. The molecule has 142 valence electrons. The minimum Gasteiger partial charge on any atom is -0.442 e. The normalized spacial score (nSPS) is 12.8. The van der Waals surface area contributed by atoms with Gasteiger partial charge in [-0.05, 0) is 62.3 Å². The molecule has 0 spiro atoms. The van der Waals surface area contributed by atoms with Crippen LogP contribution in [0.15, 0.2) is 9.59 Å². The summed E-state index contributed by atoms with van der Waals surface area (Å²) in [5.41, 5.74) is -4.74. The highest BCUT2D eigenvalue weighted by Crippen LogP contribution is 2.12. The Hall–Kier alpha value is -2.32. The zero-order valence-electron chi connectivity index (χ0n) is 16.3. The standard InChI is InChI=1S/C16H27N3O6/c1-14(2,3)17-10(20)18(12(22)24-15(4,5)6)19(11(17)21)13(23)25-16(7,8)9/h1-9H3. The summed E-state index contributed by atoms with van der Waals surface area (Å²) in [6.07, 6.45) is -2.27. The summed E-state index contributed by atoms with van der Waals surface area (Å²) in [4.78, 5) is 50.2. The fraction of sp³-hybridized carbons (Fsp3) is 0.750. The third kappa shape index (κ3) is 4.83. The predicted octanol–water partition coefficient (Wildman–Crippen LogP) is 2.13. The number of carbonyl (C=O) groups is 2. The average Bonchev–Trinajstić information content (AvgIpc) is 2.55. The van der Waals surface area contributed by atoms with Crippen molar-refractivity contribution in [1.82, 2.24) is 13.9 Å². The SMILES string of the molecule is CC(C)(C)OC(=O)n1c(=O)n(C(C)(C)C)c(=O)n1C(=O)OC(C)(C)C. The molecule has 1 heterocycles. The zero-order valence-corrected chi connectivity index (χ0v) is 16.3. The van der Waals surface area contributed by atoms with E-state index in [1.807, 2.05) is 0 Å². The molecule has 0 bridgehead atoms. The Morgan fingerprint density at radius 1 is 0.680 bits per heavy atom. The number of rotatable bonds is 0. The largest absolute Gasteiger partial charge is 0.442 e. The van der Waals surface area contributed by atoms with E-state index in [9.17, 15) is 19.2 Å². The van der Waals surface area contributed by atoms with E-state index in [2.05, 4.69) is 0 Å². The molecule has 1 rings (SSSR count). The molecule has 25 heavy (non-hydrogen) atoms. The summed E-state index contributed by atoms with van der Waals surface area (Å²) in [6, 6.07) is 0. The van der Waals surface area contributed by atoms with E-state index in [4.69, 9.17) is 9.47 Å². The van der Waals surface area contributed by atoms with Crippen LogP contribution in [0.25, 0.3) is 0 Å². The van der Waals surface area contributed by atoms with Gasteiger partial charge < -0.3 is 9.47 Å².